The molecular formula is C29H38N8O2. The minimum absolute atomic E-state index is 0. The molecule has 1 fully saturated rings. The molecule has 4 N–H and O–H groups in total. The normalized spacial score (nSPS) is 14.3. The van der Waals surface area contributed by atoms with Crippen LogP contribution in [0.5, 0.6) is 11.6 Å². The third kappa shape index (κ3) is 5.70. The molecule has 0 unspecified atom stereocenters. The first-order valence-corrected chi connectivity index (χ1v) is 13.2. The minimum Gasteiger partial charge on any atom is -0.435 e. The number of pyridine rings is 2. The lowest BCUT2D eigenvalue weighted by molar-refractivity contribution is 0.102. The molecule has 0 spiro atoms. The lowest BCUT2D eigenvalue weighted by Gasteiger charge is -2.35. The molecule has 10 nitrogen and oxygen atoms in total. The van der Waals surface area contributed by atoms with Crippen molar-refractivity contribution >= 4 is 34.8 Å². The van der Waals surface area contributed by atoms with Gasteiger partial charge < -0.3 is 30.4 Å². The van der Waals surface area contributed by atoms with Crippen LogP contribution in [0.4, 0.5) is 17.1 Å². The number of ether oxygens (including phenoxy) is 1. The van der Waals surface area contributed by atoms with E-state index in [4.69, 9.17) is 10.5 Å². The summed E-state index contributed by atoms with van der Waals surface area (Å²) in [6.07, 6.45) is 9.16. The van der Waals surface area contributed by atoms with Gasteiger partial charge >= 0.3 is 0 Å². The van der Waals surface area contributed by atoms with E-state index in [0.29, 0.717) is 40.3 Å². The van der Waals surface area contributed by atoms with Gasteiger partial charge in [-0.05, 0) is 44.5 Å². The van der Waals surface area contributed by atoms with Gasteiger partial charge in [-0.3, -0.25) is 9.79 Å². The van der Waals surface area contributed by atoms with Crippen LogP contribution in [0.2, 0.25) is 0 Å². The van der Waals surface area contributed by atoms with Gasteiger partial charge in [0.1, 0.15) is 0 Å². The monoisotopic (exact) mass is 530 g/mol. The number of aliphatic imine (C=N–C) groups is 1. The number of hydrogen-bond acceptors (Lipinski definition) is 8. The topological polar surface area (TPSA) is 122 Å². The number of hydrogen-bond donors (Lipinski definition) is 3. The van der Waals surface area contributed by atoms with Gasteiger partial charge in [0.25, 0.3) is 5.91 Å². The zero-order valence-corrected chi connectivity index (χ0v) is 22.5. The van der Waals surface area contributed by atoms with Gasteiger partial charge in [0.05, 0.1) is 22.6 Å². The molecule has 1 amide bonds. The predicted octanol–water partition coefficient (Wildman–Crippen LogP) is 4.78. The Morgan fingerprint density at radius 3 is 2.79 bits per heavy atom. The van der Waals surface area contributed by atoms with Crippen LogP contribution in [0.3, 0.4) is 0 Å². The molecule has 0 bridgehead atoms. The van der Waals surface area contributed by atoms with Gasteiger partial charge in [-0.15, -0.1) is 0 Å². The van der Waals surface area contributed by atoms with Crippen LogP contribution in [0.1, 0.15) is 44.2 Å². The number of nitrogens with zero attached hydrogens (tertiary/aromatic N) is 5. The van der Waals surface area contributed by atoms with Crippen LogP contribution >= 0.6 is 0 Å². The fraction of sp³-hybridized carbons (Fsp3) is 0.310. The summed E-state index contributed by atoms with van der Waals surface area (Å²) in [6.45, 7) is 6.83. The maximum atomic E-state index is 13.5. The van der Waals surface area contributed by atoms with Crippen LogP contribution in [0, 0.1) is 6.92 Å². The van der Waals surface area contributed by atoms with Gasteiger partial charge in [-0.25, -0.2) is 9.97 Å². The van der Waals surface area contributed by atoms with Crippen LogP contribution in [-0.2, 0) is 0 Å². The summed E-state index contributed by atoms with van der Waals surface area (Å²) in [4.78, 5) is 28.8. The molecule has 0 radical (unpaired) electrons. The molecule has 0 atom stereocenters. The standard InChI is InChI=1S/C29H34N8O2.2H2/c1-4-32-20-10-13-36(14-11-20)24-9-8-22(27(30)23(24)16-31-3)29(38)35-21-15-25(39-26-7-5-6-12-33-26)28-34-19(2)17-37(28)18-21;;/h5-9,12,15-18,20,32H,4,10-11,13-14,30H2,1-3H3,(H,35,38);2*1H. The molecule has 1 aliphatic heterocycles. The highest BCUT2D eigenvalue weighted by atomic mass is 16.5. The van der Waals surface area contributed by atoms with E-state index in [1.807, 2.05) is 35.7 Å². The lowest BCUT2D eigenvalue weighted by atomic mass is 10.00. The third-order valence-electron chi connectivity index (χ3n) is 6.84. The van der Waals surface area contributed by atoms with Gasteiger partial charge in [0.2, 0.25) is 5.88 Å². The first-order chi connectivity index (χ1) is 19.0. The van der Waals surface area contributed by atoms with E-state index in [0.717, 1.165) is 49.4 Å². The minimum atomic E-state index is -0.323. The number of fused-ring (bicyclic) bond motifs is 1. The van der Waals surface area contributed by atoms with E-state index in [9.17, 15) is 4.79 Å². The molecule has 206 valence electrons. The molecule has 1 aromatic carbocycles. The number of rotatable bonds is 8. The highest BCUT2D eigenvalue weighted by Crippen LogP contribution is 2.32. The zero-order valence-electron chi connectivity index (χ0n) is 22.5. The number of aromatic nitrogens is 3. The van der Waals surface area contributed by atoms with Gasteiger partial charge in [-0.1, -0.05) is 13.0 Å². The smallest absolute Gasteiger partial charge is 0.257 e. The summed E-state index contributed by atoms with van der Waals surface area (Å²) in [5.74, 6) is 0.583. The molecule has 4 heterocycles. The van der Waals surface area contributed by atoms with E-state index < -0.39 is 0 Å². The lowest BCUT2D eigenvalue weighted by Crippen LogP contribution is -2.42. The second-order valence-corrected chi connectivity index (χ2v) is 9.60. The number of nitrogens with two attached hydrogens (primary N) is 1. The van der Waals surface area contributed by atoms with Crippen molar-refractivity contribution in [2.45, 2.75) is 32.7 Å². The quantitative estimate of drug-likeness (QED) is 0.221. The van der Waals surface area contributed by atoms with E-state index in [1.54, 1.807) is 43.9 Å². The van der Waals surface area contributed by atoms with Crippen molar-refractivity contribution in [2.24, 2.45) is 4.99 Å². The summed E-state index contributed by atoms with van der Waals surface area (Å²) >= 11 is 0. The summed E-state index contributed by atoms with van der Waals surface area (Å²) in [5, 5.41) is 6.52. The number of nitrogens with one attached hydrogen (secondary N) is 2. The van der Waals surface area contributed by atoms with Crippen molar-refractivity contribution < 1.29 is 12.4 Å². The van der Waals surface area contributed by atoms with Crippen molar-refractivity contribution in [2.75, 3.05) is 42.6 Å². The predicted molar refractivity (Wildman–Crippen MR) is 160 cm³/mol. The van der Waals surface area contributed by atoms with Crippen molar-refractivity contribution in [3.05, 3.63) is 71.8 Å². The van der Waals surface area contributed by atoms with Crippen LogP contribution in [0.15, 0.2) is 60.0 Å². The van der Waals surface area contributed by atoms with Crippen molar-refractivity contribution in [1.29, 1.82) is 0 Å². The SMILES string of the molecule is CCNC1CCN(c2ccc(C(=O)Nc3cc(Oc4ccccn4)c4nc(C)cn4c3)c(N)c2C=NC)CC1.[HH].[HH]. The van der Waals surface area contributed by atoms with E-state index in [-0.39, 0.29) is 8.76 Å². The van der Waals surface area contributed by atoms with E-state index >= 15 is 0 Å². The molecule has 10 heteroatoms. The summed E-state index contributed by atoms with van der Waals surface area (Å²) in [6, 6.07) is 11.4. The number of carbonyl (C=O) groups excluding carboxylic acids is 1. The van der Waals surface area contributed by atoms with Gasteiger partial charge in [0, 0.05) is 77.2 Å². The molecular weight excluding hydrogens is 492 g/mol. The average molecular weight is 531 g/mol. The maximum absolute atomic E-state index is 13.5. The highest BCUT2D eigenvalue weighted by molar-refractivity contribution is 6.11. The second-order valence-electron chi connectivity index (χ2n) is 9.60. The number of carbonyl (C=O) groups is 1. The zero-order chi connectivity index (χ0) is 27.4. The Morgan fingerprint density at radius 2 is 2.08 bits per heavy atom. The number of piperidine rings is 1. The third-order valence-corrected chi connectivity index (χ3v) is 6.84. The molecule has 5 rings (SSSR count). The highest BCUT2D eigenvalue weighted by Gasteiger charge is 2.23. The Kier molecular flexibility index (Phi) is 7.74. The molecule has 0 aliphatic carbocycles. The Hall–Kier alpha value is -4.44. The number of aryl methyl sites for hydroxylation is 1. The number of amides is 1. The fourth-order valence-corrected chi connectivity index (χ4v) is 5.03. The molecule has 4 aromatic rings. The van der Waals surface area contributed by atoms with E-state index in [2.05, 4.69) is 37.4 Å². The Bertz CT molecular complexity index is 1500. The van der Waals surface area contributed by atoms with Crippen molar-refractivity contribution in [1.82, 2.24) is 19.7 Å². The molecule has 3 aromatic heterocycles. The average Bonchev–Trinajstić information content (AvgIpc) is 3.31. The summed E-state index contributed by atoms with van der Waals surface area (Å²) in [7, 11) is 1.71. The Morgan fingerprint density at radius 1 is 1.26 bits per heavy atom. The second kappa shape index (κ2) is 11.5. The van der Waals surface area contributed by atoms with Gasteiger partial charge in [0.15, 0.2) is 11.4 Å². The first-order valence-electron chi connectivity index (χ1n) is 13.2. The molecule has 0 saturated carbocycles. The van der Waals surface area contributed by atoms with Gasteiger partial charge in [-0.2, -0.15) is 0 Å². The molecule has 39 heavy (non-hydrogen) atoms. The fourth-order valence-electron chi connectivity index (χ4n) is 5.03. The Labute approximate surface area is 230 Å². The van der Waals surface area contributed by atoms with E-state index in [1.165, 1.54) is 0 Å². The van der Waals surface area contributed by atoms with Crippen LogP contribution < -0.4 is 26.0 Å². The molecule has 1 saturated heterocycles. The van der Waals surface area contributed by atoms with Crippen molar-refractivity contribution in [3.63, 3.8) is 0 Å². The summed E-state index contributed by atoms with van der Waals surface area (Å²) < 4.78 is 7.84. The first kappa shape index (κ1) is 26.2. The Balaban J connectivity index is 0.00000231. The van der Waals surface area contributed by atoms with Crippen LogP contribution in [0.25, 0.3) is 5.65 Å². The number of nitrogen functional groups attached to an aromatic ring is 1. The molecule has 1 aliphatic rings. The summed E-state index contributed by atoms with van der Waals surface area (Å²) in [5.41, 5.74) is 11.1. The number of anilines is 3. The maximum Gasteiger partial charge on any atom is 0.257 e. The van der Waals surface area contributed by atoms with Crippen molar-refractivity contribution in [3.8, 4) is 11.6 Å². The largest absolute Gasteiger partial charge is 0.435 e. The number of benzene rings is 1. The number of imidazole rings is 1. The van der Waals surface area contributed by atoms with Crippen LogP contribution in [-0.4, -0.2) is 59.2 Å².